The topological polar surface area (TPSA) is 16.1 Å². The molecule has 0 aliphatic carbocycles. The van der Waals surface area contributed by atoms with Crippen LogP contribution in [0, 0.1) is 0 Å². The van der Waals surface area contributed by atoms with E-state index in [1.165, 1.54) is 4.90 Å². The zero-order chi connectivity index (χ0) is 9.42. The van der Waals surface area contributed by atoms with E-state index in [0.29, 0.717) is 11.4 Å². The molecule has 1 atom stereocenters. The summed E-state index contributed by atoms with van der Waals surface area (Å²) in [5.41, 5.74) is 0. The van der Waals surface area contributed by atoms with Gasteiger partial charge < -0.3 is 4.90 Å². The van der Waals surface area contributed by atoms with Crippen LogP contribution in [0.2, 0.25) is 0 Å². The highest BCUT2D eigenvalue weighted by Crippen LogP contribution is 2.42. The lowest BCUT2D eigenvalue weighted by Crippen LogP contribution is -2.34. The summed E-state index contributed by atoms with van der Waals surface area (Å²) in [6.45, 7) is 6.65. The van der Waals surface area contributed by atoms with Crippen LogP contribution < -0.4 is 4.90 Å². The van der Waals surface area contributed by atoms with Gasteiger partial charge in [0, 0.05) is 12.2 Å². The molecule has 2 nitrogen and oxygen atoms in total. The smallest absolute Gasteiger partial charge is 0.143 e. The average molecular weight is 194 g/mol. The summed E-state index contributed by atoms with van der Waals surface area (Å²) in [6, 6.07) is 4.67. The van der Waals surface area contributed by atoms with Crippen LogP contribution in [0.4, 0.5) is 5.82 Å². The van der Waals surface area contributed by atoms with Gasteiger partial charge in [-0.05, 0) is 32.9 Å². The number of hydrogen-bond acceptors (Lipinski definition) is 3. The maximum Gasteiger partial charge on any atom is 0.143 e. The van der Waals surface area contributed by atoms with Gasteiger partial charge in [0.15, 0.2) is 0 Å². The number of hydrogen-bond donors (Lipinski definition) is 0. The van der Waals surface area contributed by atoms with Crippen LogP contribution in [0.5, 0.6) is 0 Å². The molecule has 0 amide bonds. The Bertz CT molecular complexity index is 312. The fraction of sp³-hybridized carbons (Fsp3) is 0.500. The van der Waals surface area contributed by atoms with E-state index in [2.05, 4.69) is 36.7 Å². The molecule has 0 fully saturated rings. The molecule has 0 spiro atoms. The second-order valence-corrected chi connectivity index (χ2v) is 4.90. The van der Waals surface area contributed by atoms with Crippen LogP contribution >= 0.6 is 11.8 Å². The van der Waals surface area contributed by atoms with E-state index in [-0.39, 0.29) is 0 Å². The van der Waals surface area contributed by atoms with Gasteiger partial charge in [-0.2, -0.15) is 0 Å². The minimum atomic E-state index is 0.518. The Morgan fingerprint density at radius 1 is 1.54 bits per heavy atom. The van der Waals surface area contributed by atoms with E-state index >= 15 is 0 Å². The number of thioether (sulfide) groups is 1. The number of fused-ring (bicyclic) bond motifs is 1. The van der Waals surface area contributed by atoms with E-state index in [1.54, 1.807) is 0 Å². The first-order chi connectivity index (χ1) is 6.20. The highest BCUT2D eigenvalue weighted by molar-refractivity contribution is 8.00. The van der Waals surface area contributed by atoms with Crippen molar-refractivity contribution in [2.45, 2.75) is 37.1 Å². The standard InChI is InChI=1S/C10H14N2S/c1-7(2)12-8(3)13-9-5-4-6-11-10(9)12/h4-8H,1-3H3. The highest BCUT2D eigenvalue weighted by atomic mass is 32.2. The van der Waals surface area contributed by atoms with Gasteiger partial charge in [-0.3, -0.25) is 0 Å². The zero-order valence-corrected chi connectivity index (χ0v) is 9.01. The third kappa shape index (κ3) is 1.41. The van der Waals surface area contributed by atoms with Crippen LogP contribution in [0.3, 0.4) is 0 Å². The van der Waals surface area contributed by atoms with Gasteiger partial charge in [0.2, 0.25) is 0 Å². The van der Waals surface area contributed by atoms with Gasteiger partial charge in [-0.1, -0.05) is 11.8 Å². The molecule has 13 heavy (non-hydrogen) atoms. The number of pyridine rings is 1. The van der Waals surface area contributed by atoms with Crippen molar-refractivity contribution >= 4 is 17.6 Å². The first kappa shape index (κ1) is 8.88. The largest absolute Gasteiger partial charge is 0.341 e. The maximum absolute atomic E-state index is 4.42. The second kappa shape index (κ2) is 3.22. The molecule has 1 aromatic heterocycles. The molecule has 1 aromatic rings. The van der Waals surface area contributed by atoms with Crippen molar-refractivity contribution in [1.29, 1.82) is 0 Å². The fourth-order valence-electron chi connectivity index (χ4n) is 1.75. The Hall–Kier alpha value is -0.700. The quantitative estimate of drug-likeness (QED) is 0.684. The van der Waals surface area contributed by atoms with E-state index in [4.69, 9.17) is 0 Å². The minimum Gasteiger partial charge on any atom is -0.341 e. The van der Waals surface area contributed by atoms with Crippen molar-refractivity contribution in [1.82, 2.24) is 4.98 Å². The first-order valence-electron chi connectivity index (χ1n) is 4.60. The maximum atomic E-state index is 4.42. The summed E-state index contributed by atoms with van der Waals surface area (Å²) in [4.78, 5) is 8.09. The van der Waals surface area contributed by atoms with E-state index in [1.807, 2.05) is 24.0 Å². The Morgan fingerprint density at radius 2 is 2.31 bits per heavy atom. The third-order valence-electron chi connectivity index (χ3n) is 2.24. The van der Waals surface area contributed by atoms with Crippen molar-refractivity contribution in [3.05, 3.63) is 18.3 Å². The van der Waals surface area contributed by atoms with Crippen LogP contribution in [-0.2, 0) is 0 Å². The first-order valence-corrected chi connectivity index (χ1v) is 5.48. The Kier molecular flexibility index (Phi) is 2.20. The Balaban J connectivity index is 2.40. The molecule has 0 saturated carbocycles. The van der Waals surface area contributed by atoms with Crippen molar-refractivity contribution in [3.63, 3.8) is 0 Å². The third-order valence-corrected chi connectivity index (χ3v) is 3.38. The summed E-state index contributed by atoms with van der Waals surface area (Å²) in [7, 11) is 0. The van der Waals surface area contributed by atoms with Gasteiger partial charge in [0.1, 0.15) is 5.82 Å². The molecular formula is C10H14N2S. The summed E-state index contributed by atoms with van der Waals surface area (Å²) in [5.74, 6) is 1.15. The summed E-state index contributed by atoms with van der Waals surface area (Å²) < 4.78 is 0. The van der Waals surface area contributed by atoms with Crippen LogP contribution in [-0.4, -0.2) is 16.4 Å². The number of nitrogens with zero attached hydrogens (tertiary/aromatic N) is 2. The number of anilines is 1. The van der Waals surface area contributed by atoms with E-state index in [9.17, 15) is 0 Å². The lowest BCUT2D eigenvalue weighted by atomic mass is 10.3. The van der Waals surface area contributed by atoms with Gasteiger partial charge >= 0.3 is 0 Å². The molecule has 1 unspecified atom stereocenters. The molecule has 2 rings (SSSR count). The van der Waals surface area contributed by atoms with Crippen LogP contribution in [0.25, 0.3) is 0 Å². The van der Waals surface area contributed by atoms with E-state index < -0.39 is 0 Å². The van der Waals surface area contributed by atoms with Crippen molar-refractivity contribution in [2.24, 2.45) is 0 Å². The van der Waals surface area contributed by atoms with Gasteiger partial charge in [-0.15, -0.1) is 0 Å². The van der Waals surface area contributed by atoms with Gasteiger partial charge in [0.25, 0.3) is 0 Å². The summed E-state index contributed by atoms with van der Waals surface area (Å²) in [6.07, 6.45) is 1.87. The molecule has 0 bridgehead atoms. The molecule has 0 N–H and O–H groups in total. The number of aromatic nitrogens is 1. The summed E-state index contributed by atoms with van der Waals surface area (Å²) in [5, 5.41) is 0.518. The fourth-order valence-corrected chi connectivity index (χ4v) is 2.99. The van der Waals surface area contributed by atoms with Gasteiger partial charge in [-0.25, -0.2) is 4.98 Å². The average Bonchev–Trinajstić information content (AvgIpc) is 2.39. The molecule has 70 valence electrons. The lowest BCUT2D eigenvalue weighted by Gasteiger charge is -2.26. The molecular weight excluding hydrogens is 180 g/mol. The normalized spacial score (nSPS) is 20.9. The summed E-state index contributed by atoms with van der Waals surface area (Å²) >= 11 is 1.89. The lowest BCUT2D eigenvalue weighted by molar-refractivity contribution is 0.675. The van der Waals surface area contributed by atoms with Crippen molar-refractivity contribution in [2.75, 3.05) is 4.90 Å². The molecule has 0 radical (unpaired) electrons. The molecule has 1 aliphatic heterocycles. The minimum absolute atomic E-state index is 0.518. The van der Waals surface area contributed by atoms with Crippen molar-refractivity contribution < 1.29 is 0 Å². The Labute approximate surface area is 83.4 Å². The van der Waals surface area contributed by atoms with Crippen LogP contribution in [0.15, 0.2) is 23.2 Å². The SMILES string of the molecule is CC(C)N1c2ncccc2SC1C. The van der Waals surface area contributed by atoms with Gasteiger partial charge in [0.05, 0.1) is 10.3 Å². The van der Waals surface area contributed by atoms with E-state index in [0.717, 1.165) is 5.82 Å². The molecule has 2 heterocycles. The highest BCUT2D eigenvalue weighted by Gasteiger charge is 2.29. The second-order valence-electron chi connectivity index (χ2n) is 3.54. The predicted molar refractivity (Wildman–Crippen MR) is 57.2 cm³/mol. The molecule has 3 heteroatoms. The Morgan fingerprint density at radius 3 is 3.00 bits per heavy atom. The number of rotatable bonds is 1. The predicted octanol–water partition coefficient (Wildman–Crippen LogP) is 2.75. The monoisotopic (exact) mass is 194 g/mol. The zero-order valence-electron chi connectivity index (χ0n) is 8.19. The molecule has 0 aromatic carbocycles. The van der Waals surface area contributed by atoms with Crippen LogP contribution in [0.1, 0.15) is 20.8 Å². The molecule has 1 aliphatic rings. The molecule has 0 saturated heterocycles. The van der Waals surface area contributed by atoms with Crippen molar-refractivity contribution in [3.8, 4) is 0 Å².